The third-order valence-corrected chi connectivity index (χ3v) is 7.38. The highest BCUT2D eigenvalue weighted by molar-refractivity contribution is 6.22. The summed E-state index contributed by atoms with van der Waals surface area (Å²) in [6.45, 7) is 0. The number of primary amides is 1. The largest absolute Gasteiger partial charge is 0.508 e. The van der Waals surface area contributed by atoms with Gasteiger partial charge in [0.2, 0.25) is 5.78 Å². The Morgan fingerprint density at radius 1 is 1.05 bits per heavy atom. The average Bonchev–Trinajstić information content (AvgIpc) is 2.86. The van der Waals surface area contributed by atoms with Crippen molar-refractivity contribution in [3.8, 4) is 23.3 Å². The van der Waals surface area contributed by atoms with Gasteiger partial charge in [0.05, 0.1) is 12.7 Å². The number of ether oxygens (including phenoxy) is 1. The summed E-state index contributed by atoms with van der Waals surface area (Å²) in [7, 11) is 1.56. The lowest BCUT2D eigenvalue weighted by molar-refractivity contribution is -0.147. The van der Waals surface area contributed by atoms with Crippen LogP contribution in [0.3, 0.4) is 0 Å². The van der Waals surface area contributed by atoms with E-state index in [0.29, 0.717) is 22.4 Å². The molecule has 0 heterocycles. The molecule has 0 aromatic heterocycles. The number of nitrogens with two attached hydrogens (primary N) is 1. The number of phenolic OH excluding ortho intramolecular Hbond substituents is 1. The van der Waals surface area contributed by atoms with Gasteiger partial charge in [0.25, 0.3) is 5.91 Å². The van der Waals surface area contributed by atoms with Crippen LogP contribution in [-0.4, -0.2) is 50.6 Å². The smallest absolute Gasteiger partial charge is 0.255 e. The predicted molar refractivity (Wildman–Crippen MR) is 130 cm³/mol. The van der Waals surface area contributed by atoms with Crippen LogP contribution < -0.4 is 10.5 Å². The SMILES string of the molecule is COc1ccc(C#Cc2ccc(O)c3c2C[C@H]2C[C@H]4CC(=O)C(C(N)=O)=C(O)[C@@]4(O)C(=O)C2=C3O)cc1. The summed E-state index contributed by atoms with van der Waals surface area (Å²) in [4.78, 5) is 37.7. The molecule has 5 rings (SSSR count). The van der Waals surface area contributed by atoms with Crippen LogP contribution in [0.2, 0.25) is 0 Å². The molecular formula is C28H23NO8. The molecule has 1 saturated carbocycles. The zero-order chi connectivity index (χ0) is 26.6. The molecule has 3 aliphatic rings. The molecule has 9 nitrogen and oxygen atoms in total. The van der Waals surface area contributed by atoms with Gasteiger partial charge in [-0.2, -0.15) is 0 Å². The molecule has 3 aliphatic carbocycles. The Morgan fingerprint density at radius 2 is 1.76 bits per heavy atom. The van der Waals surface area contributed by atoms with Crippen LogP contribution in [0.5, 0.6) is 11.5 Å². The van der Waals surface area contributed by atoms with Crippen molar-refractivity contribution in [2.24, 2.45) is 17.6 Å². The molecule has 0 saturated heterocycles. The van der Waals surface area contributed by atoms with Crippen LogP contribution in [-0.2, 0) is 20.8 Å². The Balaban J connectivity index is 1.62. The molecule has 0 radical (unpaired) electrons. The highest BCUT2D eigenvalue weighted by Gasteiger charge is 2.60. The molecule has 2 aromatic rings. The van der Waals surface area contributed by atoms with Crippen molar-refractivity contribution >= 4 is 23.2 Å². The molecule has 9 heteroatoms. The number of benzene rings is 2. The Labute approximate surface area is 211 Å². The number of aromatic hydroxyl groups is 1. The van der Waals surface area contributed by atoms with Gasteiger partial charge in [-0.05, 0) is 60.7 Å². The van der Waals surface area contributed by atoms with Gasteiger partial charge >= 0.3 is 0 Å². The summed E-state index contributed by atoms with van der Waals surface area (Å²) in [5.41, 5.74) is 3.38. The van der Waals surface area contributed by atoms with Crippen molar-refractivity contribution in [2.45, 2.75) is 24.9 Å². The van der Waals surface area contributed by atoms with Crippen LogP contribution >= 0.6 is 0 Å². The highest BCUT2D eigenvalue weighted by Crippen LogP contribution is 2.52. The van der Waals surface area contributed by atoms with Crippen LogP contribution in [0, 0.1) is 23.7 Å². The number of phenols is 1. The first-order valence-corrected chi connectivity index (χ1v) is 11.6. The van der Waals surface area contributed by atoms with Gasteiger partial charge in [0.15, 0.2) is 11.4 Å². The molecule has 1 amide bonds. The fraction of sp³-hybridized carbons (Fsp3) is 0.250. The third kappa shape index (κ3) is 3.57. The molecule has 0 unspecified atom stereocenters. The number of carbonyl (C=O) groups excluding carboxylic acids is 3. The molecule has 2 aromatic carbocycles. The standard InChI is InChI=1S/C28H23NO8/c1-37-17-7-3-13(4-8-17)2-5-14-6-9-19(30)22-18(14)11-15-10-16-12-20(31)23(27(29)35)26(34)28(16,36)25(33)21(15)24(22)32/h3-4,6-9,15-16,30,32,34,36H,10-12H2,1H3,(H2,29,35)/t15-,16+,28+/m1/s1. The number of rotatable bonds is 2. The Kier molecular flexibility index (Phi) is 5.57. The Morgan fingerprint density at radius 3 is 2.41 bits per heavy atom. The number of ketones is 2. The number of methoxy groups -OCH3 is 1. The number of aliphatic hydroxyl groups is 3. The van der Waals surface area contributed by atoms with E-state index in [1.807, 2.05) is 0 Å². The lowest BCUT2D eigenvalue weighted by Crippen LogP contribution is -2.58. The highest BCUT2D eigenvalue weighted by atomic mass is 16.5. The van der Waals surface area contributed by atoms with E-state index in [1.54, 1.807) is 37.4 Å². The van der Waals surface area contributed by atoms with E-state index in [0.717, 1.165) is 0 Å². The Bertz CT molecular complexity index is 1510. The first-order chi connectivity index (χ1) is 17.6. The summed E-state index contributed by atoms with van der Waals surface area (Å²) in [6.07, 6.45) is -0.120. The number of hydrogen-bond acceptors (Lipinski definition) is 8. The third-order valence-electron chi connectivity index (χ3n) is 7.38. The zero-order valence-electron chi connectivity index (χ0n) is 19.7. The number of amides is 1. The minimum absolute atomic E-state index is 0.00802. The van der Waals surface area contributed by atoms with E-state index in [9.17, 15) is 34.8 Å². The summed E-state index contributed by atoms with van der Waals surface area (Å²) >= 11 is 0. The minimum Gasteiger partial charge on any atom is -0.508 e. The molecule has 188 valence electrons. The minimum atomic E-state index is -2.59. The zero-order valence-corrected chi connectivity index (χ0v) is 19.7. The van der Waals surface area contributed by atoms with E-state index in [4.69, 9.17) is 10.5 Å². The lowest BCUT2D eigenvalue weighted by Gasteiger charge is -2.46. The van der Waals surface area contributed by atoms with Crippen molar-refractivity contribution in [2.75, 3.05) is 7.11 Å². The molecule has 37 heavy (non-hydrogen) atoms. The fourth-order valence-electron chi connectivity index (χ4n) is 5.55. The van der Waals surface area contributed by atoms with Crippen LogP contribution in [0.4, 0.5) is 0 Å². The quantitative estimate of drug-likeness (QED) is 0.307. The topological polar surface area (TPSA) is 167 Å². The van der Waals surface area contributed by atoms with Crippen molar-refractivity contribution in [1.29, 1.82) is 0 Å². The number of aliphatic hydroxyl groups excluding tert-OH is 2. The van der Waals surface area contributed by atoms with Gasteiger partial charge in [-0.3, -0.25) is 14.4 Å². The van der Waals surface area contributed by atoms with Gasteiger partial charge in [-0.15, -0.1) is 0 Å². The first-order valence-electron chi connectivity index (χ1n) is 11.6. The molecule has 0 spiro atoms. The van der Waals surface area contributed by atoms with Gasteiger partial charge < -0.3 is 30.9 Å². The van der Waals surface area contributed by atoms with E-state index in [2.05, 4.69) is 11.8 Å². The maximum atomic E-state index is 13.5. The second-order valence-electron chi connectivity index (χ2n) is 9.37. The normalized spacial score (nSPS) is 24.5. The molecular weight excluding hydrogens is 478 g/mol. The van der Waals surface area contributed by atoms with Gasteiger partial charge in [0, 0.05) is 29.0 Å². The number of Topliss-reactive ketones (excluding diaryl/α,β-unsaturated/α-hetero) is 2. The summed E-state index contributed by atoms with van der Waals surface area (Å²) in [6, 6.07) is 10.1. The maximum Gasteiger partial charge on any atom is 0.255 e. The second kappa shape index (κ2) is 8.54. The van der Waals surface area contributed by atoms with E-state index >= 15 is 0 Å². The molecule has 1 fully saturated rings. The molecule has 6 N–H and O–H groups in total. The van der Waals surface area contributed by atoms with E-state index in [1.165, 1.54) is 6.07 Å². The summed E-state index contributed by atoms with van der Waals surface area (Å²) < 4.78 is 5.15. The molecule has 0 aliphatic heterocycles. The van der Waals surface area contributed by atoms with Crippen LogP contribution in [0.15, 0.2) is 53.3 Å². The lowest BCUT2D eigenvalue weighted by atomic mass is 9.59. The molecule has 3 atom stereocenters. The predicted octanol–water partition coefficient (Wildman–Crippen LogP) is 1.83. The van der Waals surface area contributed by atoms with Crippen molar-refractivity contribution in [3.05, 3.63) is 75.6 Å². The monoisotopic (exact) mass is 501 g/mol. The number of fused-ring (bicyclic) bond motifs is 3. The van der Waals surface area contributed by atoms with Crippen molar-refractivity contribution in [1.82, 2.24) is 0 Å². The van der Waals surface area contributed by atoms with Gasteiger partial charge in [0.1, 0.15) is 28.6 Å². The van der Waals surface area contributed by atoms with E-state index in [-0.39, 0.29) is 36.1 Å². The van der Waals surface area contributed by atoms with Crippen molar-refractivity contribution in [3.63, 3.8) is 0 Å². The van der Waals surface area contributed by atoms with Crippen molar-refractivity contribution < 1.29 is 39.5 Å². The summed E-state index contributed by atoms with van der Waals surface area (Å²) in [5, 5.41) is 43.6. The van der Waals surface area contributed by atoms with Gasteiger partial charge in [-0.25, -0.2) is 0 Å². The molecule has 0 bridgehead atoms. The van der Waals surface area contributed by atoms with Crippen LogP contribution in [0.1, 0.15) is 35.1 Å². The average molecular weight is 501 g/mol. The summed E-state index contributed by atoms with van der Waals surface area (Å²) in [5.74, 6) is 0.155. The first kappa shape index (κ1) is 24.2. The maximum absolute atomic E-state index is 13.5. The number of carbonyl (C=O) groups is 3. The van der Waals surface area contributed by atoms with Gasteiger partial charge in [-0.1, -0.05) is 11.8 Å². The van der Waals surface area contributed by atoms with Crippen LogP contribution in [0.25, 0.3) is 5.76 Å². The second-order valence-corrected chi connectivity index (χ2v) is 9.37. The van der Waals surface area contributed by atoms with E-state index < -0.39 is 52.0 Å². The number of hydrogen-bond donors (Lipinski definition) is 5. The Hall–Kier alpha value is -4.55. The fourth-order valence-corrected chi connectivity index (χ4v) is 5.55.